The Balaban J connectivity index is 1.43. The van der Waals surface area contributed by atoms with Gasteiger partial charge < -0.3 is 10.1 Å². The lowest BCUT2D eigenvalue weighted by Crippen LogP contribution is -2.48. The molecule has 0 radical (unpaired) electrons. The monoisotopic (exact) mass is 358 g/mol. The minimum Gasteiger partial charge on any atom is -0.452 e. The minimum atomic E-state index is -0.625. The Labute approximate surface area is 153 Å². The van der Waals surface area contributed by atoms with Crippen molar-refractivity contribution in [1.82, 2.24) is 10.6 Å². The number of hydrogen-bond acceptors (Lipinski definition) is 4. The van der Waals surface area contributed by atoms with Gasteiger partial charge in [-0.2, -0.15) is 0 Å². The van der Waals surface area contributed by atoms with E-state index in [2.05, 4.69) is 17.6 Å². The van der Waals surface area contributed by atoms with Crippen molar-refractivity contribution in [3.8, 4) is 0 Å². The van der Waals surface area contributed by atoms with Gasteiger partial charge in [-0.15, -0.1) is 0 Å². The maximum atomic E-state index is 12.1. The highest BCUT2D eigenvalue weighted by atomic mass is 16.5. The lowest BCUT2D eigenvalue weighted by Gasteiger charge is -2.29. The average molecular weight is 358 g/mol. The zero-order valence-electron chi connectivity index (χ0n) is 15.2. The second-order valence-electron chi connectivity index (χ2n) is 7.30. The number of hydrogen-bond donors (Lipinski definition) is 2. The fraction of sp³-hybridized carbons (Fsp3) is 0.550. The third-order valence-electron chi connectivity index (χ3n) is 5.35. The first-order valence-electron chi connectivity index (χ1n) is 9.42. The Kier molecular flexibility index (Phi) is 5.91. The standard InChI is InChI=1S/C20H26N2O4/c1-13-5-2-3-8-17(13)21-20(25)22-18(23)12-26-19(24)16-10-9-14-6-4-7-15(14)11-16/h9-11,13,17H,2-8,12H2,1H3,(H2,21,22,23,25)/t13-,17-/m1/s1. The molecular weight excluding hydrogens is 332 g/mol. The summed E-state index contributed by atoms with van der Waals surface area (Å²) in [7, 11) is 0. The number of carbonyl (C=O) groups is 3. The molecule has 0 heterocycles. The molecule has 1 aromatic carbocycles. The predicted molar refractivity (Wildman–Crippen MR) is 96.8 cm³/mol. The van der Waals surface area contributed by atoms with Crippen molar-refractivity contribution in [1.29, 1.82) is 0 Å². The largest absolute Gasteiger partial charge is 0.452 e. The van der Waals surface area contributed by atoms with Gasteiger partial charge in [-0.1, -0.05) is 25.8 Å². The van der Waals surface area contributed by atoms with Gasteiger partial charge in [0.1, 0.15) is 0 Å². The Morgan fingerprint density at radius 2 is 1.85 bits per heavy atom. The number of rotatable bonds is 4. The van der Waals surface area contributed by atoms with Gasteiger partial charge in [0, 0.05) is 6.04 Å². The summed E-state index contributed by atoms with van der Waals surface area (Å²) in [6.45, 7) is 1.63. The lowest BCUT2D eigenvalue weighted by atomic mass is 9.86. The number of esters is 1. The summed E-state index contributed by atoms with van der Waals surface area (Å²) in [6, 6.07) is 5.06. The third-order valence-corrected chi connectivity index (χ3v) is 5.35. The SMILES string of the molecule is C[C@@H]1CCCC[C@H]1NC(=O)NC(=O)COC(=O)c1ccc2c(c1)CCC2. The molecule has 0 aromatic heterocycles. The molecule has 2 aliphatic carbocycles. The van der Waals surface area contributed by atoms with Crippen LogP contribution in [0.4, 0.5) is 4.79 Å². The highest BCUT2D eigenvalue weighted by Gasteiger charge is 2.23. The molecule has 1 aromatic rings. The molecule has 26 heavy (non-hydrogen) atoms. The van der Waals surface area contributed by atoms with Gasteiger partial charge in [-0.05, 0) is 61.3 Å². The molecule has 0 bridgehead atoms. The molecule has 2 atom stereocenters. The number of nitrogens with one attached hydrogen (secondary N) is 2. The van der Waals surface area contributed by atoms with E-state index < -0.39 is 24.5 Å². The Bertz CT molecular complexity index is 701. The Morgan fingerprint density at radius 3 is 2.65 bits per heavy atom. The van der Waals surface area contributed by atoms with Gasteiger partial charge in [-0.3, -0.25) is 10.1 Å². The minimum absolute atomic E-state index is 0.0884. The summed E-state index contributed by atoms with van der Waals surface area (Å²) in [5, 5.41) is 5.07. The summed E-state index contributed by atoms with van der Waals surface area (Å²) >= 11 is 0. The van der Waals surface area contributed by atoms with E-state index in [4.69, 9.17) is 4.74 Å². The second-order valence-corrected chi connectivity index (χ2v) is 7.30. The quantitative estimate of drug-likeness (QED) is 0.811. The number of imide groups is 1. The van der Waals surface area contributed by atoms with Gasteiger partial charge >= 0.3 is 12.0 Å². The Morgan fingerprint density at radius 1 is 1.08 bits per heavy atom. The first-order valence-corrected chi connectivity index (χ1v) is 9.42. The normalized spacial score (nSPS) is 21.6. The maximum Gasteiger partial charge on any atom is 0.338 e. The van der Waals surface area contributed by atoms with Gasteiger partial charge in [0.2, 0.25) is 0 Å². The smallest absolute Gasteiger partial charge is 0.338 e. The summed E-state index contributed by atoms with van der Waals surface area (Å²) in [5.74, 6) is -0.765. The van der Waals surface area contributed by atoms with Crippen molar-refractivity contribution in [3.63, 3.8) is 0 Å². The first kappa shape index (κ1) is 18.4. The van der Waals surface area contributed by atoms with Crippen LogP contribution in [0.15, 0.2) is 18.2 Å². The van der Waals surface area contributed by atoms with Crippen LogP contribution in [-0.2, 0) is 22.4 Å². The third kappa shape index (κ3) is 4.62. The molecule has 0 unspecified atom stereocenters. The first-order chi connectivity index (χ1) is 12.5. The zero-order valence-corrected chi connectivity index (χ0v) is 15.2. The summed E-state index contributed by atoms with van der Waals surface area (Å²) < 4.78 is 5.03. The molecule has 140 valence electrons. The van der Waals surface area contributed by atoms with Crippen LogP contribution in [0.5, 0.6) is 0 Å². The van der Waals surface area contributed by atoms with E-state index in [1.807, 2.05) is 12.1 Å². The molecule has 6 nitrogen and oxygen atoms in total. The number of benzene rings is 1. The van der Waals surface area contributed by atoms with Gasteiger partial charge in [0.15, 0.2) is 6.61 Å². The van der Waals surface area contributed by atoms with Crippen LogP contribution in [0, 0.1) is 5.92 Å². The highest BCUT2D eigenvalue weighted by molar-refractivity contribution is 5.97. The van der Waals surface area contributed by atoms with E-state index in [-0.39, 0.29) is 6.04 Å². The van der Waals surface area contributed by atoms with Crippen molar-refractivity contribution in [2.24, 2.45) is 5.92 Å². The molecule has 6 heteroatoms. The molecular formula is C20H26N2O4. The van der Waals surface area contributed by atoms with E-state index in [9.17, 15) is 14.4 Å². The van der Waals surface area contributed by atoms with E-state index in [1.54, 1.807) is 6.07 Å². The average Bonchev–Trinajstić information content (AvgIpc) is 3.09. The van der Waals surface area contributed by atoms with Crippen LogP contribution in [0.3, 0.4) is 0 Å². The summed E-state index contributed by atoms with van der Waals surface area (Å²) in [5.41, 5.74) is 2.89. The zero-order chi connectivity index (χ0) is 18.5. The fourth-order valence-electron chi connectivity index (χ4n) is 3.81. The number of carbonyl (C=O) groups excluding carboxylic acids is 3. The van der Waals surface area contributed by atoms with Crippen molar-refractivity contribution in [2.45, 2.75) is 57.9 Å². The van der Waals surface area contributed by atoms with Crippen LogP contribution in [0.25, 0.3) is 0 Å². The van der Waals surface area contributed by atoms with Crippen molar-refractivity contribution < 1.29 is 19.1 Å². The highest BCUT2D eigenvalue weighted by Crippen LogP contribution is 2.24. The van der Waals surface area contributed by atoms with Gasteiger partial charge in [-0.25, -0.2) is 9.59 Å². The van der Waals surface area contributed by atoms with Crippen molar-refractivity contribution in [3.05, 3.63) is 34.9 Å². The van der Waals surface area contributed by atoms with Crippen molar-refractivity contribution in [2.75, 3.05) is 6.61 Å². The molecule has 3 amide bonds. The van der Waals surface area contributed by atoms with E-state index in [0.29, 0.717) is 11.5 Å². The van der Waals surface area contributed by atoms with Crippen LogP contribution in [-0.4, -0.2) is 30.6 Å². The van der Waals surface area contributed by atoms with E-state index >= 15 is 0 Å². The van der Waals surface area contributed by atoms with Crippen LogP contribution in [0.1, 0.15) is 60.5 Å². The number of amides is 3. The second kappa shape index (κ2) is 8.34. The summed E-state index contributed by atoms with van der Waals surface area (Å²) in [6.07, 6.45) is 7.39. The number of fused-ring (bicyclic) bond motifs is 1. The van der Waals surface area contributed by atoms with Crippen molar-refractivity contribution >= 4 is 17.9 Å². The van der Waals surface area contributed by atoms with Gasteiger partial charge in [0.05, 0.1) is 5.56 Å². The molecule has 0 aliphatic heterocycles. The van der Waals surface area contributed by atoms with Crippen LogP contribution in [0.2, 0.25) is 0 Å². The van der Waals surface area contributed by atoms with Crippen LogP contribution < -0.4 is 10.6 Å². The number of aryl methyl sites for hydroxylation is 2. The van der Waals surface area contributed by atoms with E-state index in [0.717, 1.165) is 38.5 Å². The van der Waals surface area contributed by atoms with E-state index in [1.165, 1.54) is 17.5 Å². The predicted octanol–water partition coefficient (Wildman–Crippen LogP) is 2.74. The molecule has 0 saturated heterocycles. The summed E-state index contributed by atoms with van der Waals surface area (Å²) in [4.78, 5) is 35.9. The number of urea groups is 1. The maximum absolute atomic E-state index is 12.1. The number of ether oxygens (including phenoxy) is 1. The molecule has 3 rings (SSSR count). The molecule has 1 saturated carbocycles. The fourth-order valence-corrected chi connectivity index (χ4v) is 3.81. The lowest BCUT2D eigenvalue weighted by molar-refractivity contribution is -0.123. The molecule has 0 spiro atoms. The van der Waals surface area contributed by atoms with Crippen LogP contribution >= 0.6 is 0 Å². The Hall–Kier alpha value is -2.37. The molecule has 1 fully saturated rings. The topological polar surface area (TPSA) is 84.5 Å². The van der Waals surface area contributed by atoms with Gasteiger partial charge in [0.25, 0.3) is 5.91 Å². The molecule has 2 N–H and O–H groups in total. The molecule has 2 aliphatic rings.